The van der Waals surface area contributed by atoms with Crippen LogP contribution in [-0.4, -0.2) is 58.3 Å². The standard InChI is InChI=1S/C16H21N3O6S/c17-11(16(24)25)6-7-13(20)18-12(9-26)15(23)19(8-14(21)22)10-4-2-1-3-5-10/h1-5,11-12,26H,6-9,17H2,(H,18,20)(H,21,22)(H,24,25). The van der Waals surface area contributed by atoms with Crippen LogP contribution in [0.2, 0.25) is 0 Å². The van der Waals surface area contributed by atoms with Crippen molar-refractivity contribution in [1.29, 1.82) is 0 Å². The van der Waals surface area contributed by atoms with E-state index in [0.29, 0.717) is 5.69 Å². The van der Waals surface area contributed by atoms with Crippen LogP contribution in [-0.2, 0) is 19.2 Å². The van der Waals surface area contributed by atoms with Crippen LogP contribution >= 0.6 is 12.6 Å². The average Bonchev–Trinajstić information content (AvgIpc) is 2.62. The number of carbonyl (C=O) groups excluding carboxylic acids is 2. The third-order valence-corrected chi connectivity index (χ3v) is 3.81. The van der Waals surface area contributed by atoms with Gasteiger partial charge in [-0.2, -0.15) is 12.6 Å². The predicted molar refractivity (Wildman–Crippen MR) is 97.1 cm³/mol. The number of carbonyl (C=O) groups is 4. The van der Waals surface area contributed by atoms with Crippen molar-refractivity contribution in [2.75, 3.05) is 17.2 Å². The lowest BCUT2D eigenvalue weighted by molar-refractivity contribution is -0.139. The van der Waals surface area contributed by atoms with E-state index in [1.807, 2.05) is 0 Å². The summed E-state index contributed by atoms with van der Waals surface area (Å²) in [6, 6.07) is 5.92. The van der Waals surface area contributed by atoms with E-state index < -0.39 is 42.4 Å². The number of anilines is 1. The van der Waals surface area contributed by atoms with Crippen molar-refractivity contribution in [2.24, 2.45) is 5.73 Å². The van der Waals surface area contributed by atoms with Gasteiger partial charge in [-0.1, -0.05) is 18.2 Å². The van der Waals surface area contributed by atoms with Crippen LogP contribution < -0.4 is 16.0 Å². The summed E-state index contributed by atoms with van der Waals surface area (Å²) in [5.74, 6) is -3.70. The molecule has 0 aliphatic rings. The highest BCUT2D eigenvalue weighted by atomic mass is 32.1. The van der Waals surface area contributed by atoms with Gasteiger partial charge in [0.15, 0.2) is 0 Å². The first-order chi connectivity index (χ1) is 12.3. The number of rotatable bonds is 10. The van der Waals surface area contributed by atoms with Gasteiger partial charge in [-0.25, -0.2) is 0 Å². The average molecular weight is 383 g/mol. The number of nitrogens with zero attached hydrogens (tertiary/aromatic N) is 1. The maximum atomic E-state index is 12.7. The molecule has 26 heavy (non-hydrogen) atoms. The van der Waals surface area contributed by atoms with E-state index in [1.165, 1.54) is 0 Å². The molecule has 2 atom stereocenters. The summed E-state index contributed by atoms with van der Waals surface area (Å²) >= 11 is 4.04. The number of hydrogen-bond acceptors (Lipinski definition) is 6. The monoisotopic (exact) mass is 383 g/mol. The van der Waals surface area contributed by atoms with E-state index in [4.69, 9.17) is 15.9 Å². The molecule has 0 saturated carbocycles. The zero-order chi connectivity index (χ0) is 19.7. The molecule has 0 aliphatic carbocycles. The molecule has 0 saturated heterocycles. The number of thiol groups is 1. The van der Waals surface area contributed by atoms with E-state index in [0.717, 1.165) is 4.90 Å². The van der Waals surface area contributed by atoms with Gasteiger partial charge in [-0.3, -0.25) is 24.1 Å². The molecule has 1 aromatic carbocycles. The van der Waals surface area contributed by atoms with Crippen LogP contribution in [0.5, 0.6) is 0 Å². The summed E-state index contributed by atoms with van der Waals surface area (Å²) in [6.07, 6.45) is -0.276. The highest BCUT2D eigenvalue weighted by Crippen LogP contribution is 2.15. The number of benzene rings is 1. The van der Waals surface area contributed by atoms with Gasteiger partial charge in [0.25, 0.3) is 5.91 Å². The Kier molecular flexibility index (Phi) is 8.59. The molecule has 0 bridgehead atoms. The van der Waals surface area contributed by atoms with E-state index in [9.17, 15) is 19.2 Å². The fourth-order valence-electron chi connectivity index (χ4n) is 2.09. The Hall–Kier alpha value is -2.59. The van der Waals surface area contributed by atoms with Gasteiger partial charge in [0.1, 0.15) is 18.6 Å². The minimum absolute atomic E-state index is 0.0570. The van der Waals surface area contributed by atoms with E-state index >= 15 is 0 Å². The maximum Gasteiger partial charge on any atom is 0.323 e. The first-order valence-electron chi connectivity index (χ1n) is 7.73. The third kappa shape index (κ3) is 6.73. The van der Waals surface area contributed by atoms with E-state index in [2.05, 4.69) is 17.9 Å². The highest BCUT2D eigenvalue weighted by molar-refractivity contribution is 7.80. The molecular formula is C16H21N3O6S. The maximum absolute atomic E-state index is 12.7. The van der Waals surface area contributed by atoms with Crippen LogP contribution in [0, 0.1) is 0 Å². The molecule has 0 aromatic heterocycles. The molecule has 0 radical (unpaired) electrons. The molecule has 1 rings (SSSR count). The summed E-state index contributed by atoms with van der Waals surface area (Å²) in [4.78, 5) is 47.4. The summed E-state index contributed by atoms with van der Waals surface area (Å²) < 4.78 is 0. The van der Waals surface area contributed by atoms with Gasteiger partial charge in [-0.15, -0.1) is 0 Å². The molecule has 10 heteroatoms. The van der Waals surface area contributed by atoms with Gasteiger partial charge in [-0.05, 0) is 18.6 Å². The number of hydrogen-bond donors (Lipinski definition) is 5. The molecule has 5 N–H and O–H groups in total. The number of carboxylic acid groups (broad SMARTS) is 2. The van der Waals surface area contributed by atoms with Crippen LogP contribution in [0.3, 0.4) is 0 Å². The van der Waals surface area contributed by atoms with Crippen molar-refractivity contribution in [1.82, 2.24) is 5.32 Å². The smallest absolute Gasteiger partial charge is 0.323 e. The number of nitrogens with one attached hydrogen (secondary N) is 1. The second kappa shape index (κ2) is 10.4. The zero-order valence-corrected chi connectivity index (χ0v) is 14.8. The van der Waals surface area contributed by atoms with Crippen LogP contribution in [0.25, 0.3) is 0 Å². The van der Waals surface area contributed by atoms with Gasteiger partial charge in [0.2, 0.25) is 5.91 Å². The van der Waals surface area contributed by atoms with Crippen molar-refractivity contribution in [3.05, 3.63) is 30.3 Å². The van der Waals surface area contributed by atoms with Crippen molar-refractivity contribution in [2.45, 2.75) is 24.9 Å². The summed E-state index contributed by atoms with van der Waals surface area (Å²) in [6.45, 7) is -0.577. The Morgan fingerprint density at radius 2 is 1.77 bits per heavy atom. The van der Waals surface area contributed by atoms with Gasteiger partial charge >= 0.3 is 11.9 Å². The number of amides is 2. The summed E-state index contributed by atoms with van der Waals surface area (Å²) in [5, 5.41) is 20.2. The van der Waals surface area contributed by atoms with Gasteiger partial charge < -0.3 is 21.3 Å². The topological polar surface area (TPSA) is 150 Å². The van der Waals surface area contributed by atoms with Crippen molar-refractivity contribution < 1.29 is 29.4 Å². The molecule has 9 nitrogen and oxygen atoms in total. The SMILES string of the molecule is NC(CCC(=O)NC(CS)C(=O)N(CC(=O)O)c1ccccc1)C(=O)O. The second-order valence-corrected chi connectivity index (χ2v) is 5.80. The Morgan fingerprint density at radius 1 is 1.15 bits per heavy atom. The molecule has 142 valence electrons. The summed E-state index contributed by atoms with van der Waals surface area (Å²) in [7, 11) is 0. The Labute approximate surface area is 155 Å². The van der Waals surface area contributed by atoms with E-state index in [-0.39, 0.29) is 18.6 Å². The van der Waals surface area contributed by atoms with Gasteiger partial charge in [0, 0.05) is 17.9 Å². The minimum Gasteiger partial charge on any atom is -0.480 e. The fraction of sp³-hybridized carbons (Fsp3) is 0.375. The Morgan fingerprint density at radius 3 is 2.27 bits per heavy atom. The lowest BCUT2D eigenvalue weighted by Crippen LogP contribution is -2.51. The highest BCUT2D eigenvalue weighted by Gasteiger charge is 2.27. The fourth-order valence-corrected chi connectivity index (χ4v) is 2.34. The molecule has 0 fully saturated rings. The number of nitrogens with two attached hydrogens (primary N) is 1. The van der Waals surface area contributed by atoms with Crippen molar-refractivity contribution in [3.8, 4) is 0 Å². The predicted octanol–water partition coefficient (Wildman–Crippen LogP) is -0.289. The molecule has 0 heterocycles. The van der Waals surface area contributed by atoms with Crippen LogP contribution in [0.1, 0.15) is 12.8 Å². The van der Waals surface area contributed by atoms with Crippen LogP contribution in [0.15, 0.2) is 30.3 Å². The lowest BCUT2D eigenvalue weighted by atomic mass is 10.1. The number of para-hydroxylation sites is 1. The van der Waals surface area contributed by atoms with Crippen molar-refractivity contribution in [3.63, 3.8) is 0 Å². The third-order valence-electron chi connectivity index (χ3n) is 3.44. The number of carboxylic acids is 2. The first-order valence-corrected chi connectivity index (χ1v) is 8.36. The first kappa shape index (κ1) is 21.5. The van der Waals surface area contributed by atoms with Crippen molar-refractivity contribution >= 4 is 42.1 Å². The molecule has 1 aromatic rings. The molecule has 2 amide bonds. The lowest BCUT2D eigenvalue weighted by Gasteiger charge is -2.26. The molecular weight excluding hydrogens is 362 g/mol. The van der Waals surface area contributed by atoms with Crippen LogP contribution in [0.4, 0.5) is 5.69 Å². The molecule has 0 aliphatic heterocycles. The van der Waals surface area contributed by atoms with Gasteiger partial charge in [0.05, 0.1) is 0 Å². The number of aliphatic carboxylic acids is 2. The zero-order valence-electron chi connectivity index (χ0n) is 13.9. The van der Waals surface area contributed by atoms with E-state index in [1.54, 1.807) is 30.3 Å². The Bertz CT molecular complexity index is 655. The quantitative estimate of drug-likeness (QED) is 0.348. The summed E-state index contributed by atoms with van der Waals surface area (Å²) in [5.41, 5.74) is 5.70. The Balaban J connectivity index is 2.82. The normalized spacial score (nSPS) is 12.7. The largest absolute Gasteiger partial charge is 0.480 e. The minimum atomic E-state index is -1.23. The molecule has 2 unspecified atom stereocenters. The molecule has 0 spiro atoms. The second-order valence-electron chi connectivity index (χ2n) is 5.44.